The van der Waals surface area contributed by atoms with Gasteiger partial charge in [-0.05, 0) is 44.1 Å². The lowest BCUT2D eigenvalue weighted by Crippen LogP contribution is -2.48. The van der Waals surface area contributed by atoms with Gasteiger partial charge in [-0.1, -0.05) is 83.1 Å². The van der Waals surface area contributed by atoms with Crippen LogP contribution in [0.2, 0.25) is 0 Å². The van der Waals surface area contributed by atoms with Gasteiger partial charge in [-0.3, -0.25) is 4.79 Å². The van der Waals surface area contributed by atoms with Gasteiger partial charge in [0.15, 0.2) is 0 Å². The summed E-state index contributed by atoms with van der Waals surface area (Å²) in [4.78, 5) is 15.0. The average molecular weight is 587 g/mol. The second kappa shape index (κ2) is 16.4. The van der Waals surface area contributed by atoms with E-state index in [-0.39, 0.29) is 33.0 Å². The number of esters is 1. The zero-order chi connectivity index (χ0) is 32.3. The summed E-state index contributed by atoms with van der Waals surface area (Å²) >= 11 is 0. The molecule has 0 heterocycles. The second-order valence-corrected chi connectivity index (χ2v) is 18.0. The predicted octanol–water partition coefficient (Wildman–Crippen LogP) is 6.82. The molecule has 0 aliphatic carbocycles. The van der Waals surface area contributed by atoms with Crippen molar-refractivity contribution in [2.24, 2.45) is 38.7 Å². The van der Waals surface area contributed by atoms with Crippen molar-refractivity contribution in [3.63, 3.8) is 0 Å². The van der Waals surface area contributed by atoms with Crippen LogP contribution in [0.1, 0.15) is 110 Å². The molecular weight excluding hydrogens is 516 g/mol. The normalized spacial score (nSPS) is 15.0. The Balaban J connectivity index is 5.37. The van der Waals surface area contributed by atoms with E-state index in [0.717, 1.165) is 26.2 Å². The van der Waals surface area contributed by atoms with Gasteiger partial charge in [0.2, 0.25) is 0 Å². The molecular formula is C34H70N2O5. The highest BCUT2D eigenvalue weighted by Gasteiger charge is 2.33. The SMILES string of the molecule is CC(CN)COCC(C)(C)CN(CC(C)(C)COCC(C)(C)C)CC(C)(C)COCC(C)(C)CC(=O)OC(C)(C)C. The van der Waals surface area contributed by atoms with E-state index in [1.54, 1.807) is 0 Å². The number of hydrogen-bond acceptors (Lipinski definition) is 7. The maximum Gasteiger partial charge on any atom is 0.306 e. The Bertz CT molecular complexity index is 747. The predicted molar refractivity (Wildman–Crippen MR) is 172 cm³/mol. The Morgan fingerprint density at radius 2 is 1.02 bits per heavy atom. The lowest BCUT2D eigenvalue weighted by atomic mass is 9.86. The molecule has 0 aromatic rings. The Hall–Kier alpha value is -0.730. The molecule has 0 aliphatic rings. The second-order valence-electron chi connectivity index (χ2n) is 18.0. The molecule has 2 N–H and O–H groups in total. The summed E-state index contributed by atoms with van der Waals surface area (Å²) in [5.74, 6) is 0.175. The minimum absolute atomic E-state index is 0.0113. The third kappa shape index (κ3) is 22.5. The fraction of sp³-hybridized carbons (Fsp3) is 0.971. The molecule has 0 aromatic heterocycles. The van der Waals surface area contributed by atoms with E-state index in [9.17, 15) is 4.79 Å². The minimum Gasteiger partial charge on any atom is -0.460 e. The van der Waals surface area contributed by atoms with Crippen molar-refractivity contribution < 1.29 is 23.7 Å². The van der Waals surface area contributed by atoms with E-state index in [2.05, 4.69) is 88.0 Å². The molecule has 0 spiro atoms. The summed E-state index contributed by atoms with van der Waals surface area (Å²) in [6.07, 6.45) is 0.330. The summed E-state index contributed by atoms with van der Waals surface area (Å²) in [6, 6.07) is 0. The third-order valence-corrected chi connectivity index (χ3v) is 6.31. The van der Waals surface area contributed by atoms with Crippen LogP contribution in [0.4, 0.5) is 0 Å². The zero-order valence-corrected chi connectivity index (χ0v) is 29.9. The minimum atomic E-state index is -0.480. The molecule has 7 heteroatoms. The summed E-state index contributed by atoms with van der Waals surface area (Å²) in [5.41, 5.74) is 5.03. The molecule has 7 nitrogen and oxygen atoms in total. The van der Waals surface area contributed by atoms with Crippen molar-refractivity contribution in [3.05, 3.63) is 0 Å². The summed E-state index contributed by atoms with van der Waals surface area (Å²) < 4.78 is 24.0. The smallest absolute Gasteiger partial charge is 0.306 e. The van der Waals surface area contributed by atoms with Gasteiger partial charge in [0.05, 0.1) is 46.1 Å². The van der Waals surface area contributed by atoms with Crippen LogP contribution in [-0.4, -0.2) is 82.3 Å². The standard InChI is InChI=1S/C34H70N2O5/c1-27(17-35)18-38-24-32(10,11)19-36(20-33(12,13)25-39-22-29(2,3)4)21-34(14,15)26-40-23-31(8,9)16-28(37)41-30(5,6)7/h27H,16-26,35H2,1-15H3. The van der Waals surface area contributed by atoms with Gasteiger partial charge in [0.1, 0.15) is 5.60 Å². The van der Waals surface area contributed by atoms with Gasteiger partial charge in [-0.15, -0.1) is 0 Å². The zero-order valence-electron chi connectivity index (χ0n) is 29.9. The summed E-state index contributed by atoms with van der Waals surface area (Å²) in [7, 11) is 0. The van der Waals surface area contributed by atoms with Crippen LogP contribution in [0.25, 0.3) is 0 Å². The molecule has 0 bridgehead atoms. The molecule has 41 heavy (non-hydrogen) atoms. The van der Waals surface area contributed by atoms with Gasteiger partial charge in [-0.25, -0.2) is 0 Å². The lowest BCUT2D eigenvalue weighted by molar-refractivity contribution is -0.158. The largest absolute Gasteiger partial charge is 0.460 e. The molecule has 0 rings (SSSR count). The maximum absolute atomic E-state index is 12.4. The first-order valence-electron chi connectivity index (χ1n) is 15.6. The quantitative estimate of drug-likeness (QED) is 0.157. The number of ether oxygens (including phenoxy) is 4. The van der Waals surface area contributed by atoms with Crippen LogP contribution in [0.15, 0.2) is 0 Å². The van der Waals surface area contributed by atoms with Crippen molar-refractivity contribution in [2.45, 2.75) is 116 Å². The van der Waals surface area contributed by atoms with Gasteiger partial charge >= 0.3 is 5.97 Å². The van der Waals surface area contributed by atoms with Crippen LogP contribution >= 0.6 is 0 Å². The number of nitrogens with two attached hydrogens (primary N) is 1. The van der Waals surface area contributed by atoms with E-state index in [0.29, 0.717) is 51.9 Å². The number of hydrogen-bond donors (Lipinski definition) is 1. The first-order valence-corrected chi connectivity index (χ1v) is 15.6. The first-order chi connectivity index (χ1) is 18.3. The van der Waals surface area contributed by atoms with Crippen LogP contribution in [0, 0.1) is 33.0 Å². The lowest BCUT2D eigenvalue weighted by Gasteiger charge is -2.41. The molecule has 0 fully saturated rings. The number of carbonyl (C=O) groups excluding carboxylic acids is 1. The van der Waals surface area contributed by atoms with Gasteiger partial charge in [0.25, 0.3) is 0 Å². The van der Waals surface area contributed by atoms with Crippen LogP contribution in [-0.2, 0) is 23.7 Å². The highest BCUT2D eigenvalue weighted by Crippen LogP contribution is 2.29. The van der Waals surface area contributed by atoms with E-state index in [1.807, 2.05) is 20.8 Å². The van der Waals surface area contributed by atoms with Gasteiger partial charge in [0, 0.05) is 35.9 Å². The number of rotatable bonds is 20. The Kier molecular flexibility index (Phi) is 16.1. The monoisotopic (exact) mass is 587 g/mol. The van der Waals surface area contributed by atoms with E-state index < -0.39 is 5.60 Å². The van der Waals surface area contributed by atoms with Gasteiger partial charge < -0.3 is 29.6 Å². The van der Waals surface area contributed by atoms with Crippen LogP contribution < -0.4 is 5.73 Å². The summed E-state index contributed by atoms with van der Waals surface area (Å²) in [6.45, 7) is 39.5. The van der Waals surface area contributed by atoms with Crippen molar-refractivity contribution in [1.29, 1.82) is 0 Å². The van der Waals surface area contributed by atoms with Crippen LogP contribution in [0.5, 0.6) is 0 Å². The molecule has 0 amide bonds. The van der Waals surface area contributed by atoms with E-state index in [4.69, 9.17) is 24.7 Å². The number of carbonyl (C=O) groups is 1. The molecule has 0 aliphatic heterocycles. The average Bonchev–Trinajstić information content (AvgIpc) is 2.68. The van der Waals surface area contributed by atoms with Gasteiger partial charge in [-0.2, -0.15) is 0 Å². The highest BCUT2D eigenvalue weighted by molar-refractivity contribution is 5.70. The fourth-order valence-corrected chi connectivity index (χ4v) is 4.78. The topological polar surface area (TPSA) is 83.3 Å². The Labute approximate surface area is 254 Å². The Morgan fingerprint density at radius 3 is 1.41 bits per heavy atom. The molecule has 0 saturated heterocycles. The van der Waals surface area contributed by atoms with E-state index in [1.165, 1.54) is 0 Å². The third-order valence-electron chi connectivity index (χ3n) is 6.31. The maximum atomic E-state index is 12.4. The van der Waals surface area contributed by atoms with Crippen molar-refractivity contribution >= 4 is 5.97 Å². The molecule has 0 aromatic carbocycles. The fourth-order valence-electron chi connectivity index (χ4n) is 4.78. The van der Waals surface area contributed by atoms with Crippen molar-refractivity contribution in [2.75, 3.05) is 65.8 Å². The highest BCUT2D eigenvalue weighted by atomic mass is 16.6. The molecule has 0 saturated carbocycles. The number of nitrogens with zero attached hydrogens (tertiary/aromatic N) is 1. The van der Waals surface area contributed by atoms with E-state index >= 15 is 0 Å². The van der Waals surface area contributed by atoms with Crippen molar-refractivity contribution in [3.8, 4) is 0 Å². The molecule has 246 valence electrons. The molecule has 1 unspecified atom stereocenters. The Morgan fingerprint density at radius 1 is 0.634 bits per heavy atom. The molecule has 0 radical (unpaired) electrons. The van der Waals surface area contributed by atoms with Crippen molar-refractivity contribution in [1.82, 2.24) is 4.90 Å². The first kappa shape index (κ1) is 40.3. The molecule has 1 atom stereocenters. The van der Waals surface area contributed by atoms with Crippen LogP contribution in [0.3, 0.4) is 0 Å². The summed E-state index contributed by atoms with van der Waals surface area (Å²) in [5, 5.41) is 0.